The van der Waals surface area contributed by atoms with Crippen molar-refractivity contribution in [1.82, 2.24) is 9.88 Å². The molecular weight excluding hydrogens is 386 g/mol. The largest absolute Gasteiger partial charge is 0.460 e. The van der Waals surface area contributed by atoms with Crippen molar-refractivity contribution in [3.8, 4) is 11.3 Å². The van der Waals surface area contributed by atoms with Crippen molar-refractivity contribution in [2.75, 3.05) is 13.1 Å². The zero-order chi connectivity index (χ0) is 19.9. The van der Waals surface area contributed by atoms with Gasteiger partial charge in [-0.3, -0.25) is 9.78 Å². The van der Waals surface area contributed by atoms with Crippen LogP contribution in [0.15, 0.2) is 40.9 Å². The standard InChI is InChI=1S/C21H19ClF2N2O2/c1-2-16-10-15-9-14(11-17(22)19(15)28-16)18-4-3-13(12-25-18)20(27)26-7-5-21(23,24)6-8-26/h3-4,9-12H,2,5-8H2,1H3. The maximum atomic E-state index is 13.3. The number of carbonyl (C=O) groups excluding carboxylic acids is 1. The Morgan fingerprint density at radius 3 is 2.64 bits per heavy atom. The Bertz CT molecular complexity index is 1020. The lowest BCUT2D eigenvalue weighted by Gasteiger charge is -2.31. The predicted molar refractivity (Wildman–Crippen MR) is 104 cm³/mol. The van der Waals surface area contributed by atoms with Gasteiger partial charge in [0.1, 0.15) is 5.76 Å². The van der Waals surface area contributed by atoms with Crippen molar-refractivity contribution >= 4 is 28.5 Å². The highest BCUT2D eigenvalue weighted by Gasteiger charge is 2.35. The number of hydrogen-bond acceptors (Lipinski definition) is 3. The molecule has 1 aromatic carbocycles. The Morgan fingerprint density at radius 2 is 2.00 bits per heavy atom. The van der Waals surface area contributed by atoms with Crippen molar-refractivity contribution in [2.45, 2.75) is 32.1 Å². The SMILES string of the molecule is CCc1cc2cc(-c3ccc(C(=O)N4CCC(F)(F)CC4)cn3)cc(Cl)c2o1. The van der Waals surface area contributed by atoms with Gasteiger partial charge in [0, 0.05) is 49.5 Å². The van der Waals surface area contributed by atoms with Crippen molar-refractivity contribution in [1.29, 1.82) is 0 Å². The van der Waals surface area contributed by atoms with Crippen LogP contribution >= 0.6 is 11.6 Å². The molecule has 0 saturated carbocycles. The van der Waals surface area contributed by atoms with Gasteiger partial charge in [-0.25, -0.2) is 8.78 Å². The second-order valence-electron chi connectivity index (χ2n) is 7.02. The van der Waals surface area contributed by atoms with E-state index in [4.69, 9.17) is 16.0 Å². The highest BCUT2D eigenvalue weighted by atomic mass is 35.5. The minimum absolute atomic E-state index is 0.0557. The van der Waals surface area contributed by atoms with Crippen LogP contribution in [-0.4, -0.2) is 34.8 Å². The number of carbonyl (C=O) groups is 1. The molecule has 0 aliphatic carbocycles. The summed E-state index contributed by atoms with van der Waals surface area (Å²) in [5, 5.41) is 1.40. The number of hydrogen-bond donors (Lipinski definition) is 0. The molecule has 2 aromatic heterocycles. The molecule has 0 N–H and O–H groups in total. The molecule has 1 aliphatic heterocycles. The molecule has 1 amide bonds. The van der Waals surface area contributed by atoms with Gasteiger partial charge >= 0.3 is 0 Å². The van der Waals surface area contributed by atoms with Crippen LogP contribution in [0.5, 0.6) is 0 Å². The van der Waals surface area contributed by atoms with Crippen LogP contribution in [0.1, 0.15) is 35.9 Å². The minimum atomic E-state index is -2.68. The summed E-state index contributed by atoms with van der Waals surface area (Å²) in [7, 11) is 0. The first-order valence-corrected chi connectivity index (χ1v) is 9.59. The zero-order valence-electron chi connectivity index (χ0n) is 15.3. The molecule has 0 bridgehead atoms. The van der Waals surface area contributed by atoms with Crippen molar-refractivity contribution in [3.05, 3.63) is 52.9 Å². The number of benzene rings is 1. The normalized spacial score (nSPS) is 16.5. The van der Waals surface area contributed by atoms with Crippen LogP contribution in [-0.2, 0) is 6.42 Å². The van der Waals surface area contributed by atoms with E-state index in [1.54, 1.807) is 18.2 Å². The molecule has 3 aromatic rings. The Balaban J connectivity index is 1.56. The van der Waals surface area contributed by atoms with E-state index in [2.05, 4.69) is 4.98 Å². The summed E-state index contributed by atoms with van der Waals surface area (Å²) >= 11 is 6.35. The molecule has 4 rings (SSSR count). The van der Waals surface area contributed by atoms with E-state index in [-0.39, 0.29) is 31.8 Å². The number of furan rings is 1. The average molecular weight is 405 g/mol. The van der Waals surface area contributed by atoms with Gasteiger partial charge < -0.3 is 9.32 Å². The third kappa shape index (κ3) is 3.61. The molecule has 1 saturated heterocycles. The van der Waals surface area contributed by atoms with Crippen LogP contribution in [0.4, 0.5) is 8.78 Å². The third-order valence-electron chi connectivity index (χ3n) is 5.06. The van der Waals surface area contributed by atoms with E-state index in [1.807, 2.05) is 19.1 Å². The summed E-state index contributed by atoms with van der Waals surface area (Å²) in [4.78, 5) is 18.4. The fraction of sp³-hybridized carbons (Fsp3) is 0.333. The van der Waals surface area contributed by atoms with E-state index in [1.165, 1.54) is 11.1 Å². The molecule has 3 heterocycles. The molecule has 0 atom stereocenters. The summed E-state index contributed by atoms with van der Waals surface area (Å²) in [5.74, 6) is -2.10. The van der Waals surface area contributed by atoms with Gasteiger partial charge in [0.25, 0.3) is 11.8 Å². The molecule has 1 aliphatic rings. The second-order valence-corrected chi connectivity index (χ2v) is 7.43. The summed E-state index contributed by atoms with van der Waals surface area (Å²) in [6.45, 7) is 2.12. The number of likely N-dealkylation sites (tertiary alicyclic amines) is 1. The van der Waals surface area contributed by atoms with Gasteiger partial charge in [0.2, 0.25) is 0 Å². The molecule has 0 spiro atoms. The van der Waals surface area contributed by atoms with Gasteiger partial charge in [-0.15, -0.1) is 0 Å². The van der Waals surface area contributed by atoms with Crippen molar-refractivity contribution < 1.29 is 18.0 Å². The monoisotopic (exact) mass is 404 g/mol. The van der Waals surface area contributed by atoms with E-state index < -0.39 is 5.92 Å². The number of halogens is 3. The number of alkyl halides is 2. The highest BCUT2D eigenvalue weighted by molar-refractivity contribution is 6.35. The number of pyridine rings is 1. The number of nitrogens with zero attached hydrogens (tertiary/aromatic N) is 2. The molecule has 7 heteroatoms. The number of fused-ring (bicyclic) bond motifs is 1. The van der Waals surface area contributed by atoms with Crippen LogP contribution in [0.3, 0.4) is 0 Å². The highest BCUT2D eigenvalue weighted by Crippen LogP contribution is 2.33. The minimum Gasteiger partial charge on any atom is -0.460 e. The lowest BCUT2D eigenvalue weighted by Crippen LogP contribution is -2.42. The molecule has 4 nitrogen and oxygen atoms in total. The second kappa shape index (κ2) is 7.17. The topological polar surface area (TPSA) is 46.3 Å². The smallest absolute Gasteiger partial charge is 0.255 e. The lowest BCUT2D eigenvalue weighted by atomic mass is 10.1. The number of amides is 1. The maximum Gasteiger partial charge on any atom is 0.255 e. The number of rotatable bonds is 3. The van der Waals surface area contributed by atoms with Crippen LogP contribution in [0.2, 0.25) is 5.02 Å². The van der Waals surface area contributed by atoms with Crippen molar-refractivity contribution in [3.63, 3.8) is 0 Å². The summed E-state index contributed by atoms with van der Waals surface area (Å²) in [6.07, 6.45) is 1.66. The van der Waals surface area contributed by atoms with E-state index in [9.17, 15) is 13.6 Å². The van der Waals surface area contributed by atoms with E-state index in [0.717, 1.165) is 23.1 Å². The lowest BCUT2D eigenvalue weighted by molar-refractivity contribution is -0.0494. The fourth-order valence-corrected chi connectivity index (χ4v) is 3.66. The first kappa shape index (κ1) is 18.9. The van der Waals surface area contributed by atoms with E-state index in [0.29, 0.717) is 21.9 Å². The summed E-state index contributed by atoms with van der Waals surface area (Å²) in [6, 6.07) is 9.09. The van der Waals surface area contributed by atoms with Crippen LogP contribution < -0.4 is 0 Å². The Kier molecular flexibility index (Phi) is 4.83. The fourth-order valence-electron chi connectivity index (χ4n) is 3.40. The predicted octanol–water partition coefficient (Wildman–Crippen LogP) is 5.58. The first-order valence-electron chi connectivity index (χ1n) is 9.22. The third-order valence-corrected chi connectivity index (χ3v) is 5.34. The molecular formula is C21H19ClF2N2O2. The Hall–Kier alpha value is -2.47. The molecule has 28 heavy (non-hydrogen) atoms. The van der Waals surface area contributed by atoms with Gasteiger partial charge in [0.15, 0.2) is 5.58 Å². The van der Waals surface area contributed by atoms with Crippen molar-refractivity contribution in [2.24, 2.45) is 0 Å². The van der Waals surface area contributed by atoms with Crippen LogP contribution in [0.25, 0.3) is 22.2 Å². The van der Waals surface area contributed by atoms with Gasteiger partial charge in [0.05, 0.1) is 16.3 Å². The average Bonchev–Trinajstić information content (AvgIpc) is 3.11. The van der Waals surface area contributed by atoms with Gasteiger partial charge in [-0.2, -0.15) is 0 Å². The quantitative estimate of drug-likeness (QED) is 0.572. The van der Waals surface area contributed by atoms with E-state index >= 15 is 0 Å². The Morgan fingerprint density at radius 1 is 1.25 bits per heavy atom. The number of aromatic nitrogens is 1. The summed E-state index contributed by atoms with van der Waals surface area (Å²) in [5.41, 5.74) is 2.52. The Labute approximate surface area is 166 Å². The van der Waals surface area contributed by atoms with Gasteiger partial charge in [-0.1, -0.05) is 18.5 Å². The molecule has 0 radical (unpaired) electrons. The van der Waals surface area contributed by atoms with Crippen LogP contribution in [0, 0.1) is 0 Å². The van der Waals surface area contributed by atoms with Gasteiger partial charge in [-0.05, 0) is 30.3 Å². The first-order chi connectivity index (χ1) is 13.4. The molecule has 146 valence electrons. The zero-order valence-corrected chi connectivity index (χ0v) is 16.1. The maximum absolute atomic E-state index is 13.3. The summed E-state index contributed by atoms with van der Waals surface area (Å²) < 4.78 is 32.3. The molecule has 0 unspecified atom stereocenters. The number of aryl methyl sites for hydroxylation is 1. The molecule has 1 fully saturated rings. The number of piperidine rings is 1.